The standard InChI is InChI=1S/C12H13ClN2S/c1-8-12(2,3)15-11(16-8)14-10-7-5-4-6-9(10)13/h4-7H,1H2,2-3H3,(H,14,15). The number of nitrogens with one attached hydrogen (secondary N) is 1. The number of thioether (sulfide) groups is 1. The summed E-state index contributed by atoms with van der Waals surface area (Å²) in [6.07, 6.45) is 0. The van der Waals surface area contributed by atoms with Gasteiger partial charge in [-0.25, -0.2) is 0 Å². The molecule has 16 heavy (non-hydrogen) atoms. The summed E-state index contributed by atoms with van der Waals surface area (Å²) in [5, 5.41) is 4.76. The molecule has 0 unspecified atom stereocenters. The maximum absolute atomic E-state index is 6.06. The first-order valence-corrected chi connectivity index (χ1v) is 6.17. The van der Waals surface area contributed by atoms with Gasteiger partial charge in [0.15, 0.2) is 5.17 Å². The van der Waals surface area contributed by atoms with Crippen LogP contribution in [0.3, 0.4) is 0 Å². The molecule has 0 atom stereocenters. The van der Waals surface area contributed by atoms with Gasteiger partial charge in [-0.1, -0.05) is 42.1 Å². The third-order valence-corrected chi connectivity index (χ3v) is 3.86. The third-order valence-electron chi connectivity index (χ3n) is 2.40. The number of aliphatic imine (C=N–C) groups is 1. The van der Waals surface area contributed by atoms with Crippen LogP contribution in [0, 0.1) is 0 Å². The summed E-state index contributed by atoms with van der Waals surface area (Å²) in [5.41, 5.74) is 0.676. The van der Waals surface area contributed by atoms with E-state index >= 15 is 0 Å². The molecule has 1 aliphatic heterocycles. The first-order valence-electron chi connectivity index (χ1n) is 4.98. The van der Waals surface area contributed by atoms with Gasteiger partial charge >= 0.3 is 0 Å². The molecule has 4 heteroatoms. The lowest BCUT2D eigenvalue weighted by Crippen LogP contribution is -2.13. The largest absolute Gasteiger partial charge is 0.333 e. The summed E-state index contributed by atoms with van der Waals surface area (Å²) in [6, 6.07) is 7.62. The van der Waals surface area contributed by atoms with E-state index in [0.29, 0.717) is 5.02 Å². The molecular weight excluding hydrogens is 240 g/mol. The number of rotatable bonds is 1. The van der Waals surface area contributed by atoms with Crippen molar-refractivity contribution in [3.8, 4) is 0 Å². The summed E-state index contributed by atoms with van der Waals surface area (Å²) in [6.45, 7) is 8.09. The van der Waals surface area contributed by atoms with E-state index in [1.807, 2.05) is 38.1 Å². The molecular formula is C12H13ClN2S. The van der Waals surface area contributed by atoms with Crippen molar-refractivity contribution in [1.29, 1.82) is 0 Å². The van der Waals surface area contributed by atoms with Crippen LogP contribution >= 0.6 is 23.4 Å². The van der Waals surface area contributed by atoms with E-state index in [1.165, 1.54) is 0 Å². The highest BCUT2D eigenvalue weighted by atomic mass is 35.5. The summed E-state index contributed by atoms with van der Waals surface area (Å²) >= 11 is 7.62. The molecule has 0 fully saturated rings. The van der Waals surface area contributed by atoms with E-state index in [1.54, 1.807) is 11.8 Å². The van der Waals surface area contributed by atoms with Crippen LogP contribution in [0.25, 0.3) is 0 Å². The van der Waals surface area contributed by atoms with Gasteiger partial charge in [-0.2, -0.15) is 0 Å². The van der Waals surface area contributed by atoms with Crippen LogP contribution in [-0.2, 0) is 0 Å². The highest BCUT2D eigenvalue weighted by molar-refractivity contribution is 8.17. The molecule has 0 saturated heterocycles. The minimum absolute atomic E-state index is 0.200. The zero-order valence-electron chi connectivity index (χ0n) is 9.25. The fourth-order valence-corrected chi connectivity index (χ4v) is 2.46. The first-order chi connectivity index (χ1) is 7.49. The molecule has 1 aromatic rings. The summed E-state index contributed by atoms with van der Waals surface area (Å²) in [5.74, 6) is 0. The molecule has 1 aromatic carbocycles. The van der Waals surface area contributed by atoms with Crippen LogP contribution in [-0.4, -0.2) is 10.7 Å². The third kappa shape index (κ3) is 2.25. The molecule has 1 N–H and O–H groups in total. The Morgan fingerprint density at radius 2 is 2.06 bits per heavy atom. The summed E-state index contributed by atoms with van der Waals surface area (Å²) < 4.78 is 0. The number of hydrogen-bond donors (Lipinski definition) is 1. The van der Waals surface area contributed by atoms with E-state index in [0.717, 1.165) is 15.8 Å². The topological polar surface area (TPSA) is 24.4 Å². The lowest BCUT2D eigenvalue weighted by molar-refractivity contribution is 0.657. The monoisotopic (exact) mass is 252 g/mol. The fraction of sp³-hybridized carbons (Fsp3) is 0.250. The number of hydrogen-bond acceptors (Lipinski definition) is 3. The molecule has 2 nitrogen and oxygen atoms in total. The second-order valence-electron chi connectivity index (χ2n) is 4.11. The van der Waals surface area contributed by atoms with Crippen LogP contribution < -0.4 is 5.32 Å². The Hall–Kier alpha value is -0.930. The van der Waals surface area contributed by atoms with Crippen molar-refractivity contribution in [2.45, 2.75) is 19.4 Å². The Labute approximate surface area is 105 Å². The average molecular weight is 253 g/mol. The van der Waals surface area contributed by atoms with Gasteiger partial charge in [-0.15, -0.1) is 0 Å². The molecule has 0 amide bonds. The molecule has 84 valence electrons. The van der Waals surface area contributed by atoms with Crippen molar-refractivity contribution in [2.75, 3.05) is 5.32 Å². The van der Waals surface area contributed by atoms with Crippen LogP contribution in [0.4, 0.5) is 5.69 Å². The van der Waals surface area contributed by atoms with Crippen LogP contribution in [0.1, 0.15) is 13.8 Å². The highest BCUT2D eigenvalue weighted by Crippen LogP contribution is 2.38. The zero-order valence-corrected chi connectivity index (χ0v) is 10.8. The van der Waals surface area contributed by atoms with Gasteiger partial charge < -0.3 is 5.32 Å². The number of amidine groups is 1. The molecule has 0 aliphatic carbocycles. The van der Waals surface area contributed by atoms with Gasteiger partial charge in [0.2, 0.25) is 0 Å². The molecule has 0 spiro atoms. The normalized spacial score (nSPS) is 18.4. The molecule has 0 radical (unpaired) electrons. The Morgan fingerprint density at radius 3 is 2.62 bits per heavy atom. The predicted octanol–water partition coefficient (Wildman–Crippen LogP) is 4.15. The molecule has 0 bridgehead atoms. The SMILES string of the molecule is C=C1SC(Nc2ccccc2Cl)=NC1(C)C. The lowest BCUT2D eigenvalue weighted by atomic mass is 10.1. The van der Waals surface area contributed by atoms with Gasteiger partial charge in [0.1, 0.15) is 0 Å². The highest BCUT2D eigenvalue weighted by Gasteiger charge is 2.29. The number of halogens is 1. The van der Waals surface area contributed by atoms with Gasteiger partial charge in [0.05, 0.1) is 16.2 Å². The second kappa shape index (κ2) is 4.15. The predicted molar refractivity (Wildman–Crippen MR) is 73.3 cm³/mol. The molecule has 1 heterocycles. The first kappa shape index (κ1) is 11.6. The molecule has 2 rings (SSSR count). The minimum Gasteiger partial charge on any atom is -0.333 e. The van der Waals surface area contributed by atoms with Crippen molar-refractivity contribution in [3.63, 3.8) is 0 Å². The maximum atomic E-state index is 6.06. The molecule has 0 aromatic heterocycles. The van der Waals surface area contributed by atoms with Gasteiger partial charge in [0, 0.05) is 4.91 Å². The van der Waals surface area contributed by atoms with Crippen molar-refractivity contribution in [3.05, 3.63) is 40.8 Å². The van der Waals surface area contributed by atoms with Crippen LogP contribution in [0.5, 0.6) is 0 Å². The van der Waals surface area contributed by atoms with Crippen molar-refractivity contribution >= 4 is 34.2 Å². The van der Waals surface area contributed by atoms with E-state index in [-0.39, 0.29) is 5.54 Å². The quantitative estimate of drug-likeness (QED) is 0.812. The number of para-hydroxylation sites is 1. The maximum Gasteiger partial charge on any atom is 0.166 e. The Kier molecular flexibility index (Phi) is 3.00. The van der Waals surface area contributed by atoms with E-state index in [2.05, 4.69) is 16.9 Å². The fourth-order valence-electron chi connectivity index (χ4n) is 1.31. The zero-order chi connectivity index (χ0) is 11.8. The van der Waals surface area contributed by atoms with Crippen molar-refractivity contribution < 1.29 is 0 Å². The van der Waals surface area contributed by atoms with Crippen LogP contribution in [0.15, 0.2) is 40.7 Å². The smallest absolute Gasteiger partial charge is 0.166 e. The van der Waals surface area contributed by atoms with Gasteiger partial charge in [0.25, 0.3) is 0 Å². The Morgan fingerprint density at radius 1 is 1.38 bits per heavy atom. The van der Waals surface area contributed by atoms with E-state index in [9.17, 15) is 0 Å². The number of nitrogens with zero attached hydrogens (tertiary/aromatic N) is 1. The summed E-state index contributed by atoms with van der Waals surface area (Å²) in [4.78, 5) is 5.59. The Balaban J connectivity index is 2.19. The van der Waals surface area contributed by atoms with Crippen molar-refractivity contribution in [2.24, 2.45) is 4.99 Å². The lowest BCUT2D eigenvalue weighted by Gasteiger charge is -2.12. The average Bonchev–Trinajstić information content (AvgIpc) is 2.44. The molecule has 0 saturated carbocycles. The molecule has 1 aliphatic rings. The summed E-state index contributed by atoms with van der Waals surface area (Å²) in [7, 11) is 0. The van der Waals surface area contributed by atoms with Crippen molar-refractivity contribution in [1.82, 2.24) is 0 Å². The Bertz CT molecular complexity index is 466. The van der Waals surface area contributed by atoms with Crippen LogP contribution in [0.2, 0.25) is 5.02 Å². The van der Waals surface area contributed by atoms with E-state index < -0.39 is 0 Å². The van der Waals surface area contributed by atoms with E-state index in [4.69, 9.17) is 11.6 Å². The minimum atomic E-state index is -0.200. The second-order valence-corrected chi connectivity index (χ2v) is 5.60. The van der Waals surface area contributed by atoms with Gasteiger partial charge in [-0.3, -0.25) is 4.99 Å². The number of benzene rings is 1. The number of anilines is 1. The van der Waals surface area contributed by atoms with Gasteiger partial charge in [-0.05, 0) is 26.0 Å².